The van der Waals surface area contributed by atoms with Crippen molar-refractivity contribution >= 4 is 11.9 Å². The van der Waals surface area contributed by atoms with Crippen LogP contribution in [0.5, 0.6) is 0 Å². The van der Waals surface area contributed by atoms with Crippen molar-refractivity contribution in [2.24, 2.45) is 0 Å². The van der Waals surface area contributed by atoms with E-state index in [9.17, 15) is 9.59 Å². The van der Waals surface area contributed by atoms with Crippen LogP contribution >= 0.6 is 0 Å². The van der Waals surface area contributed by atoms with Gasteiger partial charge in [-0.25, -0.2) is 0 Å². The largest absolute Gasteiger partial charge is 0.469 e. The number of carbonyl (C=O) groups is 2. The molecule has 0 N–H and O–H groups in total. The van der Waals surface area contributed by atoms with E-state index in [1.807, 2.05) is 0 Å². The number of esters is 2. The first-order valence-electron chi connectivity index (χ1n) is 9.02. The highest BCUT2D eigenvalue weighted by molar-refractivity contribution is 5.68. The van der Waals surface area contributed by atoms with Gasteiger partial charge in [0, 0.05) is 13.3 Å². The molecule has 0 radical (unpaired) electrons. The molecule has 0 rings (SSSR count). The summed E-state index contributed by atoms with van der Waals surface area (Å²) in [5, 5.41) is 0. The normalized spacial score (nSPS) is 10.9. The summed E-state index contributed by atoms with van der Waals surface area (Å²) in [6, 6.07) is 0. The fourth-order valence-electron chi connectivity index (χ4n) is 2.33. The number of hydrogen-bond acceptors (Lipinski definition) is 4. The Morgan fingerprint density at radius 1 is 0.783 bits per heavy atom. The number of allylic oxidation sites excluding steroid dienone is 2. The van der Waals surface area contributed by atoms with Crippen LogP contribution in [0, 0.1) is 0 Å². The molecule has 0 aromatic carbocycles. The molecule has 0 atom stereocenters. The Morgan fingerprint density at radius 3 is 1.87 bits per heavy atom. The molecule has 0 aliphatic carbocycles. The minimum Gasteiger partial charge on any atom is -0.469 e. The van der Waals surface area contributed by atoms with Crippen LogP contribution in [0.3, 0.4) is 0 Å². The van der Waals surface area contributed by atoms with Crippen LogP contribution in [-0.2, 0) is 19.1 Å². The van der Waals surface area contributed by atoms with Crippen LogP contribution in [0.1, 0.15) is 84.0 Å². The van der Waals surface area contributed by atoms with Crippen LogP contribution in [0.15, 0.2) is 12.2 Å². The van der Waals surface area contributed by atoms with Crippen LogP contribution in [-0.4, -0.2) is 25.7 Å². The van der Waals surface area contributed by atoms with E-state index in [1.54, 1.807) is 0 Å². The van der Waals surface area contributed by atoms with Gasteiger partial charge < -0.3 is 9.47 Å². The molecule has 0 aromatic heterocycles. The number of unbranched alkanes of at least 4 members (excludes halogenated alkanes) is 9. The summed E-state index contributed by atoms with van der Waals surface area (Å²) >= 11 is 0. The van der Waals surface area contributed by atoms with Crippen molar-refractivity contribution in [3.8, 4) is 0 Å². The summed E-state index contributed by atoms with van der Waals surface area (Å²) in [6.45, 7) is 2.01. The molecule has 0 saturated carbocycles. The highest BCUT2D eigenvalue weighted by Crippen LogP contribution is 2.09. The number of ether oxygens (including phenoxy) is 2. The van der Waals surface area contributed by atoms with Crippen molar-refractivity contribution in [3.05, 3.63) is 12.2 Å². The van der Waals surface area contributed by atoms with Crippen molar-refractivity contribution in [1.29, 1.82) is 0 Å². The van der Waals surface area contributed by atoms with Crippen molar-refractivity contribution < 1.29 is 19.1 Å². The zero-order chi connectivity index (χ0) is 17.2. The predicted octanol–water partition coefficient (Wildman–Crippen LogP) is 4.96. The van der Waals surface area contributed by atoms with Gasteiger partial charge in [0.05, 0.1) is 13.7 Å². The standard InChI is InChI=1S/C19H34O4/c1-18(20)23-17-15-13-11-9-7-5-3-4-6-8-10-12-14-16-19(21)22-2/h3,5H,4,6-17H2,1-2H3/b5-3+. The minimum absolute atomic E-state index is 0.0979. The van der Waals surface area contributed by atoms with Crippen molar-refractivity contribution in [1.82, 2.24) is 0 Å². The van der Waals surface area contributed by atoms with Gasteiger partial charge in [0.15, 0.2) is 0 Å². The van der Waals surface area contributed by atoms with E-state index in [-0.39, 0.29) is 11.9 Å². The molecule has 0 aromatic rings. The molecular weight excluding hydrogens is 292 g/mol. The first kappa shape index (κ1) is 21.7. The van der Waals surface area contributed by atoms with E-state index in [2.05, 4.69) is 16.9 Å². The van der Waals surface area contributed by atoms with E-state index in [1.165, 1.54) is 46.1 Å². The second-order valence-corrected chi connectivity index (χ2v) is 5.90. The third-order valence-corrected chi connectivity index (χ3v) is 3.72. The highest BCUT2D eigenvalue weighted by atomic mass is 16.5. The molecule has 0 spiro atoms. The van der Waals surface area contributed by atoms with Crippen LogP contribution < -0.4 is 0 Å². The third-order valence-electron chi connectivity index (χ3n) is 3.72. The summed E-state index contributed by atoms with van der Waals surface area (Å²) in [5.74, 6) is -0.282. The van der Waals surface area contributed by atoms with Gasteiger partial charge in [0.2, 0.25) is 0 Å². The van der Waals surface area contributed by atoms with Crippen molar-refractivity contribution in [3.63, 3.8) is 0 Å². The number of rotatable bonds is 15. The maximum Gasteiger partial charge on any atom is 0.305 e. The van der Waals surface area contributed by atoms with Gasteiger partial charge in [-0.3, -0.25) is 9.59 Å². The van der Waals surface area contributed by atoms with Gasteiger partial charge in [-0.15, -0.1) is 0 Å². The average molecular weight is 326 g/mol. The Morgan fingerprint density at radius 2 is 1.30 bits per heavy atom. The number of methoxy groups -OCH3 is 1. The van der Waals surface area contributed by atoms with Gasteiger partial charge in [0.1, 0.15) is 0 Å². The lowest BCUT2D eigenvalue weighted by atomic mass is 10.1. The number of carbonyl (C=O) groups excluding carboxylic acids is 2. The van der Waals surface area contributed by atoms with E-state index in [4.69, 9.17) is 4.74 Å². The zero-order valence-electron chi connectivity index (χ0n) is 15.0. The molecular formula is C19H34O4. The molecule has 134 valence electrons. The average Bonchev–Trinajstić information content (AvgIpc) is 2.53. The predicted molar refractivity (Wildman–Crippen MR) is 93.2 cm³/mol. The molecule has 4 nitrogen and oxygen atoms in total. The molecule has 0 unspecified atom stereocenters. The fourth-order valence-corrected chi connectivity index (χ4v) is 2.33. The molecule has 0 amide bonds. The van der Waals surface area contributed by atoms with Gasteiger partial charge in [-0.05, 0) is 38.5 Å². The topological polar surface area (TPSA) is 52.6 Å². The second kappa shape index (κ2) is 17.0. The van der Waals surface area contributed by atoms with E-state index in [0.29, 0.717) is 13.0 Å². The van der Waals surface area contributed by atoms with E-state index in [0.717, 1.165) is 38.5 Å². The van der Waals surface area contributed by atoms with Crippen molar-refractivity contribution in [2.45, 2.75) is 84.0 Å². The summed E-state index contributed by atoms with van der Waals surface area (Å²) in [4.78, 5) is 21.5. The van der Waals surface area contributed by atoms with Gasteiger partial charge in [0.25, 0.3) is 0 Å². The lowest BCUT2D eigenvalue weighted by Crippen LogP contribution is -1.99. The van der Waals surface area contributed by atoms with Gasteiger partial charge >= 0.3 is 11.9 Å². The monoisotopic (exact) mass is 326 g/mol. The highest BCUT2D eigenvalue weighted by Gasteiger charge is 1.98. The summed E-state index contributed by atoms with van der Waals surface area (Å²) in [5.41, 5.74) is 0. The number of hydrogen-bond donors (Lipinski definition) is 0. The molecule has 0 bridgehead atoms. The third kappa shape index (κ3) is 18.6. The van der Waals surface area contributed by atoms with E-state index >= 15 is 0 Å². The van der Waals surface area contributed by atoms with Gasteiger partial charge in [-0.2, -0.15) is 0 Å². The maximum atomic E-state index is 10.9. The molecule has 4 heteroatoms. The lowest BCUT2D eigenvalue weighted by molar-refractivity contribution is -0.141. The SMILES string of the molecule is COC(=O)CCCCCCC/C=C/CCCCCCOC(C)=O. The summed E-state index contributed by atoms with van der Waals surface area (Å²) in [6.07, 6.45) is 17.7. The molecule has 0 aliphatic rings. The van der Waals surface area contributed by atoms with Gasteiger partial charge in [-0.1, -0.05) is 44.3 Å². The molecule has 0 heterocycles. The molecule has 0 fully saturated rings. The Balaban J connectivity index is 3.14. The first-order chi connectivity index (χ1) is 11.2. The van der Waals surface area contributed by atoms with Crippen LogP contribution in [0.25, 0.3) is 0 Å². The summed E-state index contributed by atoms with van der Waals surface area (Å²) < 4.78 is 9.50. The smallest absolute Gasteiger partial charge is 0.305 e. The Bertz CT molecular complexity index is 323. The second-order valence-electron chi connectivity index (χ2n) is 5.90. The van der Waals surface area contributed by atoms with Crippen LogP contribution in [0.4, 0.5) is 0 Å². The zero-order valence-corrected chi connectivity index (χ0v) is 15.0. The van der Waals surface area contributed by atoms with E-state index < -0.39 is 0 Å². The lowest BCUT2D eigenvalue weighted by Gasteiger charge is -2.01. The minimum atomic E-state index is -0.184. The van der Waals surface area contributed by atoms with Crippen LogP contribution in [0.2, 0.25) is 0 Å². The summed E-state index contributed by atoms with van der Waals surface area (Å²) in [7, 11) is 1.44. The molecule has 0 saturated heterocycles. The Hall–Kier alpha value is -1.32. The molecule has 0 aliphatic heterocycles. The maximum absolute atomic E-state index is 10.9. The quantitative estimate of drug-likeness (QED) is 0.242. The fraction of sp³-hybridized carbons (Fsp3) is 0.789. The Labute approximate surface area is 141 Å². The first-order valence-corrected chi connectivity index (χ1v) is 9.02. The Kier molecular flexibility index (Phi) is 16.1. The molecule has 23 heavy (non-hydrogen) atoms. The van der Waals surface area contributed by atoms with Crippen molar-refractivity contribution in [2.75, 3.05) is 13.7 Å².